The maximum absolute atomic E-state index is 13.3. The lowest BCUT2D eigenvalue weighted by Crippen LogP contribution is -2.62. The highest BCUT2D eigenvalue weighted by atomic mass is 16.5. The van der Waals surface area contributed by atoms with E-state index in [2.05, 4.69) is 22.6 Å². The van der Waals surface area contributed by atoms with Crippen molar-refractivity contribution in [3.05, 3.63) is 65.7 Å². The summed E-state index contributed by atoms with van der Waals surface area (Å²) in [5.74, 6) is -0.185. The minimum Gasteiger partial charge on any atom is -0.492 e. The summed E-state index contributed by atoms with van der Waals surface area (Å²) in [4.78, 5) is 26.6. The van der Waals surface area contributed by atoms with Gasteiger partial charge in [-0.25, -0.2) is 4.79 Å². The maximum atomic E-state index is 13.3. The highest BCUT2D eigenvalue weighted by molar-refractivity contribution is 5.88. The first-order chi connectivity index (χ1) is 14.9. The number of amides is 1. The summed E-state index contributed by atoms with van der Waals surface area (Å²) in [6.45, 7) is 4.62. The number of likely N-dealkylation sites (tertiary alicyclic amines) is 1. The van der Waals surface area contributed by atoms with Gasteiger partial charge >= 0.3 is 5.97 Å². The SMILES string of the molecule is CC(NC(=O)C1(NCCOc2ccccc2)CCN(C)CC1)c1ccc(C(=O)O)cc1. The van der Waals surface area contributed by atoms with Gasteiger partial charge in [0.25, 0.3) is 0 Å². The molecule has 2 aromatic carbocycles. The number of nitrogens with zero attached hydrogens (tertiary/aromatic N) is 1. The van der Waals surface area contributed by atoms with Crippen LogP contribution < -0.4 is 15.4 Å². The molecule has 1 aliphatic rings. The van der Waals surface area contributed by atoms with Gasteiger partial charge in [0, 0.05) is 19.6 Å². The van der Waals surface area contributed by atoms with Crippen LogP contribution in [0.5, 0.6) is 5.75 Å². The molecule has 7 nitrogen and oxygen atoms in total. The fraction of sp³-hybridized carbons (Fsp3) is 0.417. The summed E-state index contributed by atoms with van der Waals surface area (Å²) in [6, 6.07) is 16.0. The van der Waals surface area contributed by atoms with E-state index in [1.807, 2.05) is 37.3 Å². The van der Waals surface area contributed by atoms with Gasteiger partial charge in [-0.1, -0.05) is 30.3 Å². The van der Waals surface area contributed by atoms with E-state index in [0.717, 1.165) is 24.4 Å². The monoisotopic (exact) mass is 425 g/mol. The Morgan fingerprint density at radius 3 is 2.35 bits per heavy atom. The quantitative estimate of drug-likeness (QED) is 0.535. The number of carboxylic acid groups (broad SMARTS) is 1. The van der Waals surface area contributed by atoms with Gasteiger partial charge in [-0.15, -0.1) is 0 Å². The molecule has 1 saturated heterocycles. The Balaban J connectivity index is 1.61. The molecule has 7 heteroatoms. The van der Waals surface area contributed by atoms with Gasteiger partial charge in [0.05, 0.1) is 11.6 Å². The second kappa shape index (κ2) is 10.4. The number of carbonyl (C=O) groups is 2. The van der Waals surface area contributed by atoms with E-state index in [9.17, 15) is 9.59 Å². The molecule has 0 radical (unpaired) electrons. The molecule has 1 atom stereocenters. The van der Waals surface area contributed by atoms with Crippen LogP contribution in [-0.4, -0.2) is 60.7 Å². The molecule has 1 aliphatic heterocycles. The standard InChI is InChI=1S/C24H31N3O4/c1-18(19-8-10-20(11-9-19)22(28)29)26-23(30)24(12-15-27(2)16-13-24)25-14-17-31-21-6-4-3-5-7-21/h3-11,18,25H,12-17H2,1-2H3,(H,26,30)(H,28,29). The molecule has 1 amide bonds. The third kappa shape index (κ3) is 6.06. The van der Waals surface area contributed by atoms with Crippen molar-refractivity contribution in [1.29, 1.82) is 0 Å². The van der Waals surface area contributed by atoms with E-state index < -0.39 is 11.5 Å². The summed E-state index contributed by atoms with van der Waals surface area (Å²) in [7, 11) is 2.06. The molecule has 0 aromatic heterocycles. The van der Waals surface area contributed by atoms with Gasteiger partial charge in [0.15, 0.2) is 0 Å². The molecule has 0 bridgehead atoms. The molecule has 3 N–H and O–H groups in total. The van der Waals surface area contributed by atoms with E-state index in [-0.39, 0.29) is 17.5 Å². The van der Waals surface area contributed by atoms with Crippen molar-refractivity contribution in [3.8, 4) is 5.75 Å². The summed E-state index contributed by atoms with van der Waals surface area (Å²) in [5.41, 5.74) is 0.449. The normalized spacial score (nSPS) is 17.0. The fourth-order valence-corrected chi connectivity index (χ4v) is 3.79. The van der Waals surface area contributed by atoms with Crippen molar-refractivity contribution in [2.45, 2.75) is 31.3 Å². The first-order valence-corrected chi connectivity index (χ1v) is 10.7. The van der Waals surface area contributed by atoms with Gasteiger partial charge in [0.2, 0.25) is 5.91 Å². The Hall–Kier alpha value is -2.90. The van der Waals surface area contributed by atoms with Crippen molar-refractivity contribution in [3.63, 3.8) is 0 Å². The zero-order valence-electron chi connectivity index (χ0n) is 18.1. The smallest absolute Gasteiger partial charge is 0.335 e. The Labute approximate surface area is 183 Å². The third-order valence-electron chi connectivity index (χ3n) is 5.86. The number of hydrogen-bond acceptors (Lipinski definition) is 5. The molecule has 1 fully saturated rings. The number of para-hydroxylation sites is 1. The second-order valence-electron chi connectivity index (χ2n) is 8.10. The number of piperidine rings is 1. The minimum absolute atomic E-state index is 0.0323. The first kappa shape index (κ1) is 22.8. The minimum atomic E-state index is -0.963. The number of carbonyl (C=O) groups excluding carboxylic acids is 1. The van der Waals surface area contributed by atoms with Crippen LogP contribution in [0.25, 0.3) is 0 Å². The molecule has 166 valence electrons. The molecule has 1 heterocycles. The Morgan fingerprint density at radius 2 is 1.74 bits per heavy atom. The predicted molar refractivity (Wildman–Crippen MR) is 119 cm³/mol. The molecule has 1 unspecified atom stereocenters. The Bertz CT molecular complexity index is 862. The van der Waals surface area contributed by atoms with E-state index in [0.29, 0.717) is 26.0 Å². The topological polar surface area (TPSA) is 90.9 Å². The predicted octanol–water partition coefficient (Wildman–Crippen LogP) is 2.70. The lowest BCUT2D eigenvalue weighted by molar-refractivity contribution is -0.130. The van der Waals surface area contributed by atoms with Crippen LogP contribution in [-0.2, 0) is 4.79 Å². The van der Waals surface area contributed by atoms with Crippen molar-refractivity contribution in [2.24, 2.45) is 0 Å². The van der Waals surface area contributed by atoms with Crippen molar-refractivity contribution in [1.82, 2.24) is 15.5 Å². The third-order valence-corrected chi connectivity index (χ3v) is 5.86. The molecular formula is C24H31N3O4. The molecule has 0 saturated carbocycles. The molecule has 2 aromatic rings. The van der Waals surface area contributed by atoms with Crippen LogP contribution in [0.15, 0.2) is 54.6 Å². The summed E-state index contributed by atoms with van der Waals surface area (Å²) >= 11 is 0. The fourth-order valence-electron chi connectivity index (χ4n) is 3.79. The number of rotatable bonds is 9. The summed E-state index contributed by atoms with van der Waals surface area (Å²) < 4.78 is 5.77. The molecular weight excluding hydrogens is 394 g/mol. The number of nitrogens with one attached hydrogen (secondary N) is 2. The number of carboxylic acids is 1. The lowest BCUT2D eigenvalue weighted by atomic mass is 9.86. The largest absolute Gasteiger partial charge is 0.492 e. The van der Waals surface area contributed by atoms with Crippen molar-refractivity contribution in [2.75, 3.05) is 33.3 Å². The molecule has 0 spiro atoms. The van der Waals surface area contributed by atoms with Crippen LogP contribution >= 0.6 is 0 Å². The van der Waals surface area contributed by atoms with Crippen LogP contribution in [0.2, 0.25) is 0 Å². The van der Waals surface area contributed by atoms with Crippen molar-refractivity contribution >= 4 is 11.9 Å². The van der Waals surface area contributed by atoms with E-state index in [4.69, 9.17) is 9.84 Å². The lowest BCUT2D eigenvalue weighted by Gasteiger charge is -2.40. The average molecular weight is 426 g/mol. The van der Waals surface area contributed by atoms with Crippen LogP contribution in [0.3, 0.4) is 0 Å². The Kier molecular flexibility index (Phi) is 7.65. The van der Waals surface area contributed by atoms with E-state index in [1.54, 1.807) is 24.3 Å². The van der Waals surface area contributed by atoms with E-state index >= 15 is 0 Å². The highest BCUT2D eigenvalue weighted by Crippen LogP contribution is 2.24. The molecule has 0 aliphatic carbocycles. The molecule has 3 rings (SSSR count). The summed E-state index contributed by atoms with van der Waals surface area (Å²) in [6.07, 6.45) is 1.43. The number of hydrogen-bond donors (Lipinski definition) is 3. The van der Waals surface area contributed by atoms with Crippen LogP contribution in [0, 0.1) is 0 Å². The highest BCUT2D eigenvalue weighted by Gasteiger charge is 2.40. The number of ether oxygens (including phenoxy) is 1. The maximum Gasteiger partial charge on any atom is 0.335 e. The average Bonchev–Trinajstić information content (AvgIpc) is 2.79. The van der Waals surface area contributed by atoms with Gasteiger partial charge in [0.1, 0.15) is 17.9 Å². The van der Waals surface area contributed by atoms with Crippen LogP contribution in [0.1, 0.15) is 41.7 Å². The molecule has 31 heavy (non-hydrogen) atoms. The summed E-state index contributed by atoms with van der Waals surface area (Å²) in [5, 5.41) is 15.7. The Morgan fingerprint density at radius 1 is 1.10 bits per heavy atom. The first-order valence-electron chi connectivity index (χ1n) is 10.7. The van der Waals surface area contributed by atoms with Gasteiger partial charge in [-0.3, -0.25) is 10.1 Å². The number of aromatic carboxylic acids is 1. The second-order valence-corrected chi connectivity index (χ2v) is 8.10. The van der Waals surface area contributed by atoms with E-state index in [1.165, 1.54) is 0 Å². The zero-order chi connectivity index (χ0) is 22.3. The van der Waals surface area contributed by atoms with Gasteiger partial charge < -0.3 is 20.1 Å². The zero-order valence-corrected chi connectivity index (χ0v) is 18.1. The number of benzene rings is 2. The van der Waals surface area contributed by atoms with Crippen molar-refractivity contribution < 1.29 is 19.4 Å². The van der Waals surface area contributed by atoms with Gasteiger partial charge in [-0.05, 0) is 56.6 Å². The van der Waals surface area contributed by atoms with Gasteiger partial charge in [-0.2, -0.15) is 0 Å². The van der Waals surface area contributed by atoms with Crippen LogP contribution in [0.4, 0.5) is 0 Å².